The molecule has 0 bridgehead atoms. The van der Waals surface area contributed by atoms with Crippen LogP contribution in [-0.4, -0.2) is 44.4 Å². The van der Waals surface area contributed by atoms with Crippen molar-refractivity contribution >= 4 is 14.0 Å². The standard InChI is InChI=1S/C11H18O5Si/c1-12-9-6-10(13-2)8-11(7-9)17(14-3,15-4)16-5/h6-8H,1-5H3. The van der Waals surface area contributed by atoms with Crippen molar-refractivity contribution in [2.24, 2.45) is 0 Å². The van der Waals surface area contributed by atoms with Gasteiger partial charge < -0.3 is 22.8 Å². The average molecular weight is 258 g/mol. The van der Waals surface area contributed by atoms with Gasteiger partial charge in [-0.2, -0.15) is 0 Å². The van der Waals surface area contributed by atoms with Crippen molar-refractivity contribution in [3.63, 3.8) is 0 Å². The first kappa shape index (κ1) is 14.0. The van der Waals surface area contributed by atoms with Crippen LogP contribution in [0.15, 0.2) is 18.2 Å². The third-order valence-electron chi connectivity index (χ3n) is 2.51. The number of hydrogen-bond acceptors (Lipinski definition) is 5. The Morgan fingerprint density at radius 3 is 1.41 bits per heavy atom. The van der Waals surface area contributed by atoms with Crippen LogP contribution < -0.4 is 14.7 Å². The second-order valence-corrected chi connectivity index (χ2v) is 6.18. The molecule has 0 unspecified atom stereocenters. The van der Waals surface area contributed by atoms with E-state index >= 15 is 0 Å². The quantitative estimate of drug-likeness (QED) is 0.706. The van der Waals surface area contributed by atoms with Crippen LogP contribution >= 0.6 is 0 Å². The zero-order valence-corrected chi connectivity index (χ0v) is 11.8. The molecular weight excluding hydrogens is 240 g/mol. The van der Waals surface area contributed by atoms with Gasteiger partial charge in [0.15, 0.2) is 0 Å². The smallest absolute Gasteiger partial charge is 0.497 e. The van der Waals surface area contributed by atoms with Crippen LogP contribution in [-0.2, 0) is 13.3 Å². The number of ether oxygens (including phenoxy) is 2. The van der Waals surface area contributed by atoms with Gasteiger partial charge in [-0.3, -0.25) is 0 Å². The van der Waals surface area contributed by atoms with Gasteiger partial charge in [-0.15, -0.1) is 0 Å². The lowest BCUT2D eigenvalue weighted by Gasteiger charge is -2.25. The first-order chi connectivity index (χ1) is 8.15. The molecule has 0 heterocycles. The number of benzene rings is 1. The molecule has 0 aliphatic heterocycles. The fourth-order valence-electron chi connectivity index (χ4n) is 1.59. The van der Waals surface area contributed by atoms with Crippen LogP contribution in [0.5, 0.6) is 11.5 Å². The Hall–Kier alpha value is -1.08. The van der Waals surface area contributed by atoms with Crippen molar-refractivity contribution in [3.05, 3.63) is 18.2 Å². The number of hydrogen-bond donors (Lipinski definition) is 0. The van der Waals surface area contributed by atoms with Gasteiger partial charge in [0.25, 0.3) is 0 Å². The van der Waals surface area contributed by atoms with E-state index in [1.54, 1.807) is 41.6 Å². The van der Waals surface area contributed by atoms with E-state index < -0.39 is 8.80 Å². The summed E-state index contributed by atoms with van der Waals surface area (Å²) in [6.45, 7) is 0. The molecule has 17 heavy (non-hydrogen) atoms. The summed E-state index contributed by atoms with van der Waals surface area (Å²) in [6.07, 6.45) is 0. The van der Waals surface area contributed by atoms with E-state index in [1.807, 2.05) is 12.1 Å². The summed E-state index contributed by atoms with van der Waals surface area (Å²) in [5.41, 5.74) is 0. The highest BCUT2D eigenvalue weighted by Crippen LogP contribution is 2.20. The van der Waals surface area contributed by atoms with Gasteiger partial charge in [-0.25, -0.2) is 0 Å². The molecule has 6 heteroatoms. The Kier molecular flexibility index (Phi) is 4.95. The van der Waals surface area contributed by atoms with Gasteiger partial charge in [-0.1, -0.05) is 0 Å². The molecule has 0 amide bonds. The molecule has 1 aromatic rings. The average Bonchev–Trinajstić information content (AvgIpc) is 2.41. The Balaban J connectivity index is 3.27. The van der Waals surface area contributed by atoms with Crippen molar-refractivity contribution in [1.82, 2.24) is 0 Å². The van der Waals surface area contributed by atoms with E-state index in [0.29, 0.717) is 11.5 Å². The molecule has 0 atom stereocenters. The molecule has 0 saturated carbocycles. The maximum Gasteiger partial charge on any atom is 0.536 e. The summed E-state index contributed by atoms with van der Waals surface area (Å²) >= 11 is 0. The summed E-state index contributed by atoms with van der Waals surface area (Å²) in [5, 5.41) is 0.793. The van der Waals surface area contributed by atoms with Crippen molar-refractivity contribution in [1.29, 1.82) is 0 Å². The molecule has 0 aliphatic carbocycles. The second kappa shape index (κ2) is 6.01. The Morgan fingerprint density at radius 2 is 1.12 bits per heavy atom. The molecule has 1 rings (SSSR count). The largest absolute Gasteiger partial charge is 0.536 e. The molecule has 0 spiro atoms. The van der Waals surface area contributed by atoms with E-state index in [4.69, 9.17) is 22.8 Å². The molecule has 0 aliphatic rings. The van der Waals surface area contributed by atoms with Crippen LogP contribution in [0.1, 0.15) is 0 Å². The van der Waals surface area contributed by atoms with Gasteiger partial charge in [0.1, 0.15) is 11.5 Å². The lowest BCUT2D eigenvalue weighted by molar-refractivity contribution is 0.140. The van der Waals surface area contributed by atoms with Gasteiger partial charge in [-0.05, 0) is 12.1 Å². The molecule has 1 aromatic carbocycles. The summed E-state index contributed by atoms with van der Waals surface area (Å²) in [7, 11) is 5.02. The minimum atomic E-state index is -2.85. The molecule has 0 aromatic heterocycles. The summed E-state index contributed by atoms with van der Waals surface area (Å²) in [5.74, 6) is 1.34. The van der Waals surface area contributed by atoms with Crippen LogP contribution in [0.4, 0.5) is 0 Å². The maximum absolute atomic E-state index is 5.40. The van der Waals surface area contributed by atoms with E-state index in [-0.39, 0.29) is 0 Å². The predicted octanol–water partition coefficient (Wildman–Crippen LogP) is 0.789. The van der Waals surface area contributed by atoms with E-state index in [9.17, 15) is 0 Å². The lowest BCUT2D eigenvalue weighted by Crippen LogP contribution is -2.54. The minimum absolute atomic E-state index is 0.669. The highest BCUT2D eigenvalue weighted by atomic mass is 28.4. The van der Waals surface area contributed by atoms with Gasteiger partial charge in [0.05, 0.1) is 14.2 Å². The Labute approximate surface area is 103 Å². The normalized spacial score (nSPS) is 11.4. The number of methoxy groups -OCH3 is 2. The second-order valence-electron chi connectivity index (χ2n) is 3.27. The fourth-order valence-corrected chi connectivity index (χ4v) is 3.43. The van der Waals surface area contributed by atoms with Crippen LogP contribution in [0.25, 0.3) is 0 Å². The third-order valence-corrected chi connectivity index (χ3v) is 5.12. The van der Waals surface area contributed by atoms with E-state index in [2.05, 4.69) is 0 Å². The topological polar surface area (TPSA) is 46.2 Å². The van der Waals surface area contributed by atoms with Gasteiger partial charge in [0, 0.05) is 32.6 Å². The first-order valence-corrected chi connectivity index (χ1v) is 6.77. The molecule has 0 fully saturated rings. The maximum atomic E-state index is 5.40. The van der Waals surface area contributed by atoms with Crippen molar-refractivity contribution in [2.75, 3.05) is 35.5 Å². The lowest BCUT2D eigenvalue weighted by atomic mass is 10.3. The zero-order chi connectivity index (χ0) is 12.9. The predicted molar refractivity (Wildman–Crippen MR) is 66.0 cm³/mol. The zero-order valence-electron chi connectivity index (χ0n) is 10.8. The van der Waals surface area contributed by atoms with Gasteiger partial charge >= 0.3 is 8.80 Å². The van der Waals surface area contributed by atoms with Crippen molar-refractivity contribution in [2.45, 2.75) is 0 Å². The highest BCUT2D eigenvalue weighted by Gasteiger charge is 2.41. The molecule has 0 radical (unpaired) electrons. The van der Waals surface area contributed by atoms with Crippen LogP contribution in [0, 0.1) is 0 Å². The molecule has 0 saturated heterocycles. The van der Waals surface area contributed by atoms with Crippen LogP contribution in [0.3, 0.4) is 0 Å². The SMILES string of the molecule is COc1cc(OC)cc([Si](OC)(OC)OC)c1. The first-order valence-electron chi connectivity index (χ1n) is 5.04. The Morgan fingerprint density at radius 1 is 0.706 bits per heavy atom. The van der Waals surface area contributed by atoms with Crippen molar-refractivity contribution < 1.29 is 22.8 Å². The van der Waals surface area contributed by atoms with E-state index in [1.165, 1.54) is 0 Å². The Bertz CT molecular complexity index is 334. The summed E-state index contributed by atoms with van der Waals surface area (Å²) < 4.78 is 26.6. The molecule has 0 N–H and O–H groups in total. The van der Waals surface area contributed by atoms with Gasteiger partial charge in [0.2, 0.25) is 0 Å². The third kappa shape index (κ3) is 2.78. The molecular formula is C11H18O5Si. The van der Waals surface area contributed by atoms with Crippen LogP contribution in [0.2, 0.25) is 0 Å². The monoisotopic (exact) mass is 258 g/mol. The van der Waals surface area contributed by atoms with Crippen molar-refractivity contribution in [3.8, 4) is 11.5 Å². The fraction of sp³-hybridized carbons (Fsp3) is 0.455. The summed E-state index contributed by atoms with van der Waals surface area (Å²) in [6, 6.07) is 5.43. The summed E-state index contributed by atoms with van der Waals surface area (Å²) in [4.78, 5) is 0. The van der Waals surface area contributed by atoms with E-state index in [0.717, 1.165) is 5.19 Å². The minimum Gasteiger partial charge on any atom is -0.497 e. The molecule has 5 nitrogen and oxygen atoms in total. The molecule has 96 valence electrons. The highest BCUT2D eigenvalue weighted by molar-refractivity contribution is 6.75. The number of rotatable bonds is 6.